The number of carbonyl (C=O) groups is 1. The minimum atomic E-state index is -4.75. The lowest BCUT2D eigenvalue weighted by molar-refractivity contribution is -0.274. The van der Waals surface area contributed by atoms with Crippen molar-refractivity contribution >= 4 is 11.7 Å². The molecule has 0 spiro atoms. The van der Waals surface area contributed by atoms with E-state index in [1.165, 1.54) is 29.2 Å². The van der Waals surface area contributed by atoms with Crippen LogP contribution in [0.3, 0.4) is 0 Å². The van der Waals surface area contributed by atoms with Crippen LogP contribution >= 0.6 is 0 Å². The molecule has 0 fully saturated rings. The topological polar surface area (TPSA) is 54.9 Å². The second kappa shape index (κ2) is 6.82. The summed E-state index contributed by atoms with van der Waals surface area (Å²) >= 11 is 0. The molecular formula is C18H16F3N3O3. The number of nitrogens with zero attached hydrogens (tertiary/aromatic N) is 3. The molecule has 2 heterocycles. The Labute approximate surface area is 153 Å². The third-order valence-corrected chi connectivity index (χ3v) is 3.80. The Hall–Kier alpha value is -3.23. The van der Waals surface area contributed by atoms with Gasteiger partial charge in [0.1, 0.15) is 12.3 Å². The van der Waals surface area contributed by atoms with E-state index in [1.54, 1.807) is 31.1 Å². The van der Waals surface area contributed by atoms with Crippen molar-refractivity contribution in [3.05, 3.63) is 48.9 Å². The molecule has 1 amide bonds. The van der Waals surface area contributed by atoms with Gasteiger partial charge < -0.3 is 14.4 Å². The summed E-state index contributed by atoms with van der Waals surface area (Å²) in [5.74, 6) is 0.671. The monoisotopic (exact) mass is 379 g/mol. The number of ether oxygens (including phenoxy) is 2. The lowest BCUT2D eigenvalue weighted by Gasteiger charge is -2.19. The molecule has 3 rings (SSSR count). The van der Waals surface area contributed by atoms with E-state index in [0.29, 0.717) is 22.8 Å². The number of halogens is 3. The van der Waals surface area contributed by atoms with Gasteiger partial charge in [-0.15, -0.1) is 13.2 Å². The molecule has 0 saturated heterocycles. The number of alkyl halides is 3. The Morgan fingerprint density at radius 1 is 1.22 bits per heavy atom. The first-order valence-corrected chi connectivity index (χ1v) is 7.86. The second-order valence-corrected chi connectivity index (χ2v) is 5.96. The zero-order chi connectivity index (χ0) is 19.8. The molecule has 0 aliphatic carbocycles. The van der Waals surface area contributed by atoms with Crippen molar-refractivity contribution < 1.29 is 27.4 Å². The van der Waals surface area contributed by atoms with Crippen LogP contribution in [-0.2, 0) is 4.79 Å². The minimum Gasteiger partial charge on any atom is -0.438 e. The summed E-state index contributed by atoms with van der Waals surface area (Å²) in [6.07, 6.45) is -4.75. The van der Waals surface area contributed by atoms with Crippen molar-refractivity contribution in [3.8, 4) is 22.8 Å². The van der Waals surface area contributed by atoms with Crippen molar-refractivity contribution in [1.82, 2.24) is 9.88 Å². The zero-order valence-corrected chi connectivity index (χ0v) is 14.6. The molecule has 1 aromatic carbocycles. The fourth-order valence-electron chi connectivity index (χ4n) is 2.44. The number of hydrogen-bond acceptors (Lipinski definition) is 5. The van der Waals surface area contributed by atoms with Crippen LogP contribution in [0, 0.1) is 0 Å². The molecule has 9 heteroatoms. The number of fused-ring (bicyclic) bond motifs is 1. The van der Waals surface area contributed by atoms with E-state index in [-0.39, 0.29) is 24.1 Å². The fraction of sp³-hybridized carbons (Fsp3) is 0.222. The van der Waals surface area contributed by atoms with Gasteiger partial charge in [-0.3, -0.25) is 9.69 Å². The molecule has 1 aromatic heterocycles. The molecule has 0 N–H and O–H groups in total. The molecule has 27 heavy (non-hydrogen) atoms. The maximum atomic E-state index is 12.3. The van der Waals surface area contributed by atoms with Crippen molar-refractivity contribution in [3.63, 3.8) is 0 Å². The molecule has 0 unspecified atom stereocenters. The van der Waals surface area contributed by atoms with Crippen molar-refractivity contribution in [2.75, 3.05) is 25.5 Å². The van der Waals surface area contributed by atoms with Crippen LogP contribution in [0.1, 0.15) is 0 Å². The Morgan fingerprint density at radius 2 is 1.89 bits per heavy atom. The first kappa shape index (κ1) is 18.6. The smallest absolute Gasteiger partial charge is 0.438 e. The maximum absolute atomic E-state index is 12.3. The third-order valence-electron chi connectivity index (χ3n) is 3.80. The van der Waals surface area contributed by atoms with Crippen LogP contribution in [-0.4, -0.2) is 42.8 Å². The predicted octanol–water partition coefficient (Wildman–Crippen LogP) is 3.41. The van der Waals surface area contributed by atoms with E-state index >= 15 is 0 Å². The molecule has 0 atom stereocenters. The molecule has 2 aromatic rings. The lowest BCUT2D eigenvalue weighted by Crippen LogP contribution is -2.35. The summed E-state index contributed by atoms with van der Waals surface area (Å²) < 4.78 is 46.2. The molecule has 0 saturated carbocycles. The van der Waals surface area contributed by atoms with Gasteiger partial charge in [0.2, 0.25) is 5.91 Å². The van der Waals surface area contributed by atoms with E-state index in [9.17, 15) is 18.0 Å². The standard InChI is InChI=1S/C18H16F3N3O3/c1-11-24(10-16(25)23(2)3)17-15(26-11)9-8-14(22-17)12-4-6-13(7-5-12)27-18(19,20)21/h4-9H,1,10H2,2-3H3. The van der Waals surface area contributed by atoms with Gasteiger partial charge in [0.25, 0.3) is 0 Å². The van der Waals surface area contributed by atoms with E-state index in [0.717, 1.165) is 0 Å². The molecule has 1 aliphatic heterocycles. The van der Waals surface area contributed by atoms with E-state index < -0.39 is 6.36 Å². The Morgan fingerprint density at radius 3 is 2.48 bits per heavy atom. The maximum Gasteiger partial charge on any atom is 0.573 e. The highest BCUT2D eigenvalue weighted by Crippen LogP contribution is 2.38. The minimum absolute atomic E-state index is 0.00759. The number of anilines is 1. The summed E-state index contributed by atoms with van der Waals surface area (Å²) in [7, 11) is 3.27. The number of benzene rings is 1. The van der Waals surface area contributed by atoms with Gasteiger partial charge in [-0.1, -0.05) is 0 Å². The first-order valence-electron chi connectivity index (χ1n) is 7.86. The van der Waals surface area contributed by atoms with Gasteiger partial charge in [0.15, 0.2) is 17.5 Å². The van der Waals surface area contributed by atoms with Crippen molar-refractivity contribution in [1.29, 1.82) is 0 Å². The summed E-state index contributed by atoms with van der Waals surface area (Å²) in [5, 5.41) is 0. The number of hydrogen-bond donors (Lipinski definition) is 0. The average molecular weight is 379 g/mol. The molecule has 142 valence electrons. The Balaban J connectivity index is 1.86. The SMILES string of the molecule is C=C1Oc2ccc(-c3ccc(OC(F)(F)F)cc3)nc2N1CC(=O)N(C)C. The van der Waals surface area contributed by atoms with Gasteiger partial charge in [0.05, 0.1) is 5.69 Å². The van der Waals surface area contributed by atoms with Gasteiger partial charge in [-0.05, 0) is 43.0 Å². The summed E-state index contributed by atoms with van der Waals surface area (Å²) in [6.45, 7) is 3.79. The first-order chi connectivity index (χ1) is 12.6. The normalized spacial score (nSPS) is 13.2. The number of amides is 1. The molecule has 6 nitrogen and oxygen atoms in total. The number of aromatic nitrogens is 1. The number of rotatable bonds is 4. The van der Waals surface area contributed by atoms with Gasteiger partial charge in [-0.25, -0.2) is 4.98 Å². The fourth-order valence-corrected chi connectivity index (χ4v) is 2.44. The van der Waals surface area contributed by atoms with Crippen molar-refractivity contribution in [2.24, 2.45) is 0 Å². The number of likely N-dealkylation sites (N-methyl/N-ethyl adjacent to an activating group) is 1. The summed E-state index contributed by atoms with van der Waals surface area (Å²) in [5.41, 5.74) is 1.09. The molecular weight excluding hydrogens is 363 g/mol. The van der Waals surface area contributed by atoms with E-state index in [2.05, 4.69) is 16.3 Å². The van der Waals surface area contributed by atoms with Crippen LogP contribution in [0.25, 0.3) is 11.3 Å². The van der Waals surface area contributed by atoms with Crippen LogP contribution in [0.4, 0.5) is 19.0 Å². The van der Waals surface area contributed by atoms with Crippen molar-refractivity contribution in [2.45, 2.75) is 6.36 Å². The van der Waals surface area contributed by atoms with Crippen LogP contribution in [0.2, 0.25) is 0 Å². The largest absolute Gasteiger partial charge is 0.573 e. The average Bonchev–Trinajstić information content (AvgIpc) is 2.89. The zero-order valence-electron chi connectivity index (χ0n) is 14.6. The molecule has 0 bridgehead atoms. The highest BCUT2D eigenvalue weighted by Gasteiger charge is 2.31. The highest BCUT2D eigenvalue weighted by atomic mass is 19.4. The van der Waals surface area contributed by atoms with Crippen LogP contribution < -0.4 is 14.4 Å². The van der Waals surface area contributed by atoms with Gasteiger partial charge in [-0.2, -0.15) is 0 Å². The Kier molecular flexibility index (Phi) is 4.69. The highest BCUT2D eigenvalue weighted by molar-refractivity contribution is 5.83. The number of pyridine rings is 1. The lowest BCUT2D eigenvalue weighted by atomic mass is 10.1. The summed E-state index contributed by atoms with van der Waals surface area (Å²) in [4.78, 5) is 19.5. The summed E-state index contributed by atoms with van der Waals surface area (Å²) in [6, 6.07) is 8.69. The molecule has 1 aliphatic rings. The van der Waals surface area contributed by atoms with E-state index in [1.807, 2.05) is 0 Å². The van der Waals surface area contributed by atoms with Gasteiger partial charge in [0, 0.05) is 19.7 Å². The van der Waals surface area contributed by atoms with Crippen LogP contribution in [0.15, 0.2) is 48.9 Å². The third kappa shape index (κ3) is 4.13. The van der Waals surface area contributed by atoms with Gasteiger partial charge >= 0.3 is 6.36 Å². The second-order valence-electron chi connectivity index (χ2n) is 5.96. The Bertz CT molecular complexity index is 880. The van der Waals surface area contributed by atoms with E-state index in [4.69, 9.17) is 4.74 Å². The molecule has 0 radical (unpaired) electrons. The quantitative estimate of drug-likeness (QED) is 0.815. The predicted molar refractivity (Wildman–Crippen MR) is 92.2 cm³/mol. The van der Waals surface area contributed by atoms with Crippen LogP contribution in [0.5, 0.6) is 11.5 Å². The number of carbonyl (C=O) groups excluding carboxylic acids is 1.